The number of allylic oxidation sites excluding steroid dienone is 2. The van der Waals surface area contributed by atoms with Crippen LogP contribution >= 0.6 is 11.6 Å². The van der Waals surface area contributed by atoms with Gasteiger partial charge in [0.15, 0.2) is 0 Å². The quantitative estimate of drug-likeness (QED) is 0.666. The number of imide groups is 1. The zero-order valence-electron chi connectivity index (χ0n) is 13.4. The van der Waals surface area contributed by atoms with Gasteiger partial charge in [-0.25, -0.2) is 9.69 Å². The third-order valence-corrected chi connectivity index (χ3v) is 3.85. The minimum absolute atomic E-state index is 0.203. The standard InChI is InChI=1S/C19H15ClN2O3/c1-25-16-10-8-13(9-11-16)4-2-7-17-18(23)22(19(24)21-17)15-6-3-5-14(20)12-15/h2-12H,1H3,(H,21,24). The Morgan fingerprint density at radius 3 is 2.56 bits per heavy atom. The van der Waals surface area contributed by atoms with Crippen LogP contribution in [0.2, 0.25) is 5.02 Å². The summed E-state index contributed by atoms with van der Waals surface area (Å²) in [6.45, 7) is 0. The zero-order chi connectivity index (χ0) is 17.8. The van der Waals surface area contributed by atoms with Gasteiger partial charge in [-0.2, -0.15) is 0 Å². The van der Waals surface area contributed by atoms with Crippen LogP contribution in [0.1, 0.15) is 5.56 Å². The van der Waals surface area contributed by atoms with Gasteiger partial charge >= 0.3 is 6.03 Å². The van der Waals surface area contributed by atoms with E-state index in [0.29, 0.717) is 10.7 Å². The lowest BCUT2D eigenvalue weighted by atomic mass is 10.2. The smallest absolute Gasteiger partial charge is 0.333 e. The number of hydrogen-bond donors (Lipinski definition) is 1. The van der Waals surface area contributed by atoms with E-state index in [1.54, 1.807) is 43.5 Å². The van der Waals surface area contributed by atoms with E-state index in [9.17, 15) is 9.59 Å². The van der Waals surface area contributed by atoms with E-state index < -0.39 is 11.9 Å². The number of hydrogen-bond acceptors (Lipinski definition) is 3. The fourth-order valence-electron chi connectivity index (χ4n) is 2.37. The number of urea groups is 1. The van der Waals surface area contributed by atoms with Crippen LogP contribution < -0.4 is 15.0 Å². The second-order valence-corrected chi connectivity index (χ2v) is 5.70. The molecule has 25 heavy (non-hydrogen) atoms. The van der Waals surface area contributed by atoms with Crippen LogP contribution in [0.3, 0.4) is 0 Å². The van der Waals surface area contributed by atoms with Gasteiger partial charge in [-0.3, -0.25) is 4.79 Å². The minimum Gasteiger partial charge on any atom is -0.497 e. The van der Waals surface area contributed by atoms with E-state index in [0.717, 1.165) is 16.2 Å². The molecule has 3 amide bonds. The highest BCUT2D eigenvalue weighted by Gasteiger charge is 2.34. The van der Waals surface area contributed by atoms with E-state index in [1.807, 2.05) is 30.3 Å². The molecule has 1 aliphatic rings. The summed E-state index contributed by atoms with van der Waals surface area (Å²) in [4.78, 5) is 25.6. The van der Waals surface area contributed by atoms with Gasteiger partial charge in [-0.15, -0.1) is 0 Å². The Morgan fingerprint density at radius 2 is 1.88 bits per heavy atom. The summed E-state index contributed by atoms with van der Waals surface area (Å²) in [7, 11) is 1.61. The number of carbonyl (C=O) groups is 2. The van der Waals surface area contributed by atoms with Crippen molar-refractivity contribution in [3.63, 3.8) is 0 Å². The number of methoxy groups -OCH3 is 1. The predicted octanol–water partition coefficient (Wildman–Crippen LogP) is 4.00. The first-order chi connectivity index (χ1) is 12.1. The third kappa shape index (κ3) is 3.72. The third-order valence-electron chi connectivity index (χ3n) is 3.61. The summed E-state index contributed by atoms with van der Waals surface area (Å²) < 4.78 is 5.10. The molecule has 1 saturated heterocycles. The normalized spacial score (nSPS) is 15.9. The van der Waals surface area contributed by atoms with E-state index in [1.165, 1.54) is 0 Å². The molecule has 5 nitrogen and oxygen atoms in total. The van der Waals surface area contributed by atoms with Crippen LogP contribution in [0, 0.1) is 0 Å². The molecule has 0 saturated carbocycles. The van der Waals surface area contributed by atoms with Gasteiger partial charge in [0.1, 0.15) is 11.4 Å². The monoisotopic (exact) mass is 354 g/mol. The number of benzene rings is 2. The van der Waals surface area contributed by atoms with E-state index in [-0.39, 0.29) is 5.70 Å². The SMILES string of the molecule is COc1ccc(C=CC=C2NC(=O)N(c3cccc(Cl)c3)C2=O)cc1. The van der Waals surface area contributed by atoms with Crippen LogP contribution in [-0.4, -0.2) is 19.0 Å². The highest BCUT2D eigenvalue weighted by atomic mass is 35.5. The summed E-state index contributed by atoms with van der Waals surface area (Å²) in [5, 5.41) is 3.01. The highest BCUT2D eigenvalue weighted by Crippen LogP contribution is 2.24. The maximum Gasteiger partial charge on any atom is 0.333 e. The maximum absolute atomic E-state index is 12.4. The first-order valence-corrected chi connectivity index (χ1v) is 7.90. The van der Waals surface area contributed by atoms with Crippen LogP contribution in [0.4, 0.5) is 10.5 Å². The second-order valence-electron chi connectivity index (χ2n) is 5.26. The number of nitrogens with one attached hydrogen (secondary N) is 1. The van der Waals surface area contributed by atoms with Crippen LogP contribution in [0.25, 0.3) is 6.08 Å². The molecular weight excluding hydrogens is 340 g/mol. The van der Waals surface area contributed by atoms with Crippen LogP contribution in [0.15, 0.2) is 66.4 Å². The zero-order valence-corrected chi connectivity index (χ0v) is 14.2. The number of anilines is 1. The Bertz CT molecular complexity index is 872. The minimum atomic E-state index is -0.503. The lowest BCUT2D eigenvalue weighted by Gasteiger charge is -2.11. The van der Waals surface area contributed by atoms with Crippen molar-refractivity contribution < 1.29 is 14.3 Å². The molecule has 0 unspecified atom stereocenters. The Labute approximate surface area is 150 Å². The van der Waals surface area contributed by atoms with Gasteiger partial charge in [-0.1, -0.05) is 42.0 Å². The topological polar surface area (TPSA) is 58.6 Å². The number of rotatable bonds is 4. The van der Waals surface area contributed by atoms with Crippen LogP contribution in [-0.2, 0) is 4.79 Å². The molecule has 0 spiro atoms. The van der Waals surface area contributed by atoms with E-state index in [2.05, 4.69) is 5.32 Å². The molecule has 0 aliphatic carbocycles. The molecule has 2 aromatic rings. The molecule has 3 rings (SSSR count). The average Bonchev–Trinajstić information content (AvgIpc) is 2.89. The molecular formula is C19H15ClN2O3. The fraction of sp³-hybridized carbons (Fsp3) is 0.0526. The number of amides is 3. The number of carbonyl (C=O) groups excluding carboxylic acids is 2. The Kier molecular flexibility index (Phi) is 4.86. The van der Waals surface area contributed by atoms with Crippen molar-refractivity contribution in [3.05, 3.63) is 77.0 Å². The maximum atomic E-state index is 12.4. The average molecular weight is 355 g/mol. The molecule has 1 fully saturated rings. The van der Waals surface area contributed by atoms with Gasteiger partial charge in [0.25, 0.3) is 5.91 Å². The molecule has 0 bridgehead atoms. The molecule has 1 heterocycles. The largest absolute Gasteiger partial charge is 0.497 e. The van der Waals surface area contributed by atoms with Gasteiger partial charge in [-0.05, 0) is 42.0 Å². The van der Waals surface area contributed by atoms with Crippen molar-refractivity contribution in [2.45, 2.75) is 0 Å². The summed E-state index contributed by atoms with van der Waals surface area (Å²) in [6, 6.07) is 13.5. The lowest BCUT2D eigenvalue weighted by Crippen LogP contribution is -2.30. The molecule has 1 aliphatic heterocycles. The predicted molar refractivity (Wildman–Crippen MR) is 97.6 cm³/mol. The first-order valence-electron chi connectivity index (χ1n) is 7.52. The Hall–Kier alpha value is -3.05. The van der Waals surface area contributed by atoms with Crippen molar-refractivity contribution in [2.24, 2.45) is 0 Å². The van der Waals surface area contributed by atoms with E-state index >= 15 is 0 Å². The van der Waals surface area contributed by atoms with Gasteiger partial charge in [0.05, 0.1) is 12.8 Å². The van der Waals surface area contributed by atoms with Gasteiger partial charge in [0, 0.05) is 5.02 Å². The van der Waals surface area contributed by atoms with Crippen LogP contribution in [0.5, 0.6) is 5.75 Å². The summed E-state index contributed by atoms with van der Waals surface area (Å²) in [5.41, 5.74) is 1.58. The Morgan fingerprint density at radius 1 is 1.12 bits per heavy atom. The van der Waals surface area contributed by atoms with Gasteiger partial charge in [0.2, 0.25) is 0 Å². The van der Waals surface area contributed by atoms with Crippen molar-refractivity contribution in [2.75, 3.05) is 12.0 Å². The molecule has 1 N–H and O–H groups in total. The van der Waals surface area contributed by atoms with Crippen molar-refractivity contribution in [1.29, 1.82) is 0 Å². The molecule has 126 valence electrons. The second kappa shape index (κ2) is 7.23. The molecule has 2 aromatic carbocycles. The summed E-state index contributed by atoms with van der Waals surface area (Å²) in [5.74, 6) is 0.345. The van der Waals surface area contributed by atoms with Gasteiger partial charge < -0.3 is 10.1 Å². The molecule has 6 heteroatoms. The van der Waals surface area contributed by atoms with Crippen molar-refractivity contribution in [1.82, 2.24) is 5.32 Å². The molecule has 0 aromatic heterocycles. The molecule has 0 radical (unpaired) electrons. The van der Waals surface area contributed by atoms with E-state index in [4.69, 9.17) is 16.3 Å². The summed E-state index contributed by atoms with van der Waals surface area (Å²) >= 11 is 5.92. The highest BCUT2D eigenvalue weighted by molar-refractivity contribution is 6.32. The Balaban J connectivity index is 1.76. The number of halogens is 1. The lowest BCUT2D eigenvalue weighted by molar-refractivity contribution is -0.113. The first kappa shape index (κ1) is 16.8. The fourth-order valence-corrected chi connectivity index (χ4v) is 2.55. The number of nitrogens with zero attached hydrogens (tertiary/aromatic N) is 1. The summed E-state index contributed by atoms with van der Waals surface area (Å²) in [6.07, 6.45) is 5.10. The number of ether oxygens (including phenoxy) is 1. The van der Waals surface area contributed by atoms with Crippen molar-refractivity contribution >= 4 is 35.3 Å². The van der Waals surface area contributed by atoms with Crippen molar-refractivity contribution in [3.8, 4) is 5.75 Å². The molecule has 0 atom stereocenters.